The fraction of sp³-hybridized carbons (Fsp3) is 0.778. The SMILES string of the molecule is C=C(Cl)CN(C)C(CN)C1CC1. The number of nitrogens with zero attached hydrogens (tertiary/aromatic N) is 1. The first-order valence-electron chi connectivity index (χ1n) is 4.38. The molecule has 0 spiro atoms. The zero-order valence-corrected chi connectivity index (χ0v) is 8.35. The molecule has 2 N–H and O–H groups in total. The second kappa shape index (κ2) is 4.26. The molecule has 3 heteroatoms. The summed E-state index contributed by atoms with van der Waals surface area (Å²) in [5, 5.41) is 0.691. The summed E-state index contributed by atoms with van der Waals surface area (Å²) in [7, 11) is 2.06. The van der Waals surface area contributed by atoms with Gasteiger partial charge in [0.25, 0.3) is 0 Å². The lowest BCUT2D eigenvalue weighted by Crippen LogP contribution is -2.40. The quantitative estimate of drug-likeness (QED) is 0.707. The van der Waals surface area contributed by atoms with Crippen molar-refractivity contribution in [3.63, 3.8) is 0 Å². The van der Waals surface area contributed by atoms with Gasteiger partial charge in [0.2, 0.25) is 0 Å². The number of likely N-dealkylation sites (N-methyl/N-ethyl adjacent to an activating group) is 1. The lowest BCUT2D eigenvalue weighted by molar-refractivity contribution is 0.244. The van der Waals surface area contributed by atoms with Crippen LogP contribution in [-0.4, -0.2) is 31.1 Å². The third kappa shape index (κ3) is 2.77. The standard InChI is InChI=1S/C9H17ClN2/c1-7(10)6-12(2)9(5-11)8-3-4-8/h8-9H,1,3-6,11H2,2H3. The average Bonchev–Trinajstić information content (AvgIpc) is 2.70. The summed E-state index contributed by atoms with van der Waals surface area (Å²) in [5.74, 6) is 0.802. The van der Waals surface area contributed by atoms with Crippen molar-refractivity contribution < 1.29 is 0 Å². The molecule has 0 saturated heterocycles. The molecule has 1 atom stereocenters. The lowest BCUT2D eigenvalue weighted by atomic mass is 10.1. The highest BCUT2D eigenvalue weighted by molar-refractivity contribution is 6.29. The Morgan fingerprint density at radius 1 is 1.75 bits per heavy atom. The maximum absolute atomic E-state index is 5.72. The Balaban J connectivity index is 2.35. The fourth-order valence-electron chi connectivity index (χ4n) is 1.60. The molecule has 0 amide bonds. The molecule has 70 valence electrons. The van der Waals surface area contributed by atoms with Crippen molar-refractivity contribution in [1.82, 2.24) is 4.90 Å². The van der Waals surface area contributed by atoms with Gasteiger partial charge in [0.1, 0.15) is 0 Å². The second-order valence-electron chi connectivity index (χ2n) is 3.57. The minimum atomic E-state index is 0.500. The molecule has 0 aromatic carbocycles. The molecule has 1 aliphatic rings. The van der Waals surface area contributed by atoms with Gasteiger partial charge in [0, 0.05) is 24.2 Å². The molecule has 1 unspecified atom stereocenters. The molecule has 1 rings (SSSR count). The number of hydrogen-bond donors (Lipinski definition) is 1. The monoisotopic (exact) mass is 188 g/mol. The Hall–Kier alpha value is -0.0500. The van der Waals surface area contributed by atoms with E-state index < -0.39 is 0 Å². The van der Waals surface area contributed by atoms with Gasteiger partial charge < -0.3 is 5.73 Å². The fourth-order valence-corrected chi connectivity index (χ4v) is 1.79. The van der Waals surface area contributed by atoms with Crippen LogP contribution in [0.4, 0.5) is 0 Å². The number of rotatable bonds is 5. The van der Waals surface area contributed by atoms with E-state index in [0.717, 1.165) is 19.0 Å². The van der Waals surface area contributed by atoms with Gasteiger partial charge in [-0.25, -0.2) is 0 Å². The minimum absolute atomic E-state index is 0.500. The molecule has 0 heterocycles. The number of halogens is 1. The highest BCUT2D eigenvalue weighted by Gasteiger charge is 2.32. The summed E-state index contributed by atoms with van der Waals surface area (Å²) < 4.78 is 0. The van der Waals surface area contributed by atoms with Crippen molar-refractivity contribution >= 4 is 11.6 Å². The first-order valence-corrected chi connectivity index (χ1v) is 4.76. The van der Waals surface area contributed by atoms with Crippen molar-refractivity contribution in [2.24, 2.45) is 11.7 Å². The second-order valence-corrected chi connectivity index (χ2v) is 4.11. The molecule has 0 aliphatic heterocycles. The third-order valence-corrected chi connectivity index (χ3v) is 2.51. The van der Waals surface area contributed by atoms with Crippen molar-refractivity contribution in [3.05, 3.63) is 11.6 Å². The van der Waals surface area contributed by atoms with Gasteiger partial charge >= 0.3 is 0 Å². The first kappa shape index (κ1) is 10.0. The number of nitrogens with two attached hydrogens (primary N) is 1. The van der Waals surface area contributed by atoms with Crippen LogP contribution >= 0.6 is 11.6 Å². The Kier molecular flexibility index (Phi) is 3.56. The highest BCUT2D eigenvalue weighted by Crippen LogP contribution is 2.34. The Morgan fingerprint density at radius 2 is 2.33 bits per heavy atom. The molecule has 1 fully saturated rings. The van der Waals surface area contributed by atoms with E-state index in [1.807, 2.05) is 0 Å². The summed E-state index contributed by atoms with van der Waals surface area (Å²) in [6.45, 7) is 5.15. The molecule has 1 aliphatic carbocycles. The third-order valence-electron chi connectivity index (χ3n) is 2.39. The molecule has 0 aromatic heterocycles. The summed E-state index contributed by atoms with van der Waals surface area (Å²) >= 11 is 5.72. The van der Waals surface area contributed by atoms with Gasteiger partial charge in [-0.1, -0.05) is 18.2 Å². The largest absolute Gasteiger partial charge is 0.329 e. The summed E-state index contributed by atoms with van der Waals surface area (Å²) in [6.07, 6.45) is 2.64. The van der Waals surface area contributed by atoms with E-state index in [1.165, 1.54) is 12.8 Å². The molecule has 0 bridgehead atoms. The normalized spacial score (nSPS) is 19.7. The van der Waals surface area contributed by atoms with E-state index in [-0.39, 0.29) is 0 Å². The van der Waals surface area contributed by atoms with E-state index in [1.54, 1.807) is 0 Å². The van der Waals surface area contributed by atoms with E-state index in [0.29, 0.717) is 11.1 Å². The van der Waals surface area contributed by atoms with Crippen LogP contribution < -0.4 is 5.73 Å². The molecule has 2 nitrogen and oxygen atoms in total. The highest BCUT2D eigenvalue weighted by atomic mass is 35.5. The van der Waals surface area contributed by atoms with Crippen LogP contribution in [0, 0.1) is 5.92 Å². The Labute approximate surface area is 79.4 Å². The molecule has 0 aromatic rings. The minimum Gasteiger partial charge on any atom is -0.329 e. The zero-order valence-electron chi connectivity index (χ0n) is 7.59. The topological polar surface area (TPSA) is 29.3 Å². The predicted octanol–water partition coefficient (Wildman–Crippen LogP) is 1.41. The van der Waals surface area contributed by atoms with Crippen LogP contribution in [0.3, 0.4) is 0 Å². The smallest absolute Gasteiger partial charge is 0.0336 e. The van der Waals surface area contributed by atoms with E-state index in [9.17, 15) is 0 Å². The van der Waals surface area contributed by atoms with Crippen LogP contribution in [0.25, 0.3) is 0 Å². The van der Waals surface area contributed by atoms with Gasteiger partial charge in [-0.15, -0.1) is 0 Å². The molecule has 0 radical (unpaired) electrons. The molecular formula is C9H17ClN2. The van der Waals surface area contributed by atoms with E-state index >= 15 is 0 Å². The van der Waals surface area contributed by atoms with Gasteiger partial charge in [-0.2, -0.15) is 0 Å². The van der Waals surface area contributed by atoms with Crippen molar-refractivity contribution in [2.45, 2.75) is 18.9 Å². The number of hydrogen-bond acceptors (Lipinski definition) is 2. The van der Waals surface area contributed by atoms with Crippen LogP contribution in [0.2, 0.25) is 0 Å². The lowest BCUT2D eigenvalue weighted by Gasteiger charge is -2.26. The zero-order chi connectivity index (χ0) is 9.14. The average molecular weight is 189 g/mol. The van der Waals surface area contributed by atoms with Gasteiger partial charge in [-0.3, -0.25) is 4.90 Å². The van der Waals surface area contributed by atoms with Crippen molar-refractivity contribution in [3.8, 4) is 0 Å². The first-order chi connectivity index (χ1) is 5.65. The maximum atomic E-state index is 5.72. The maximum Gasteiger partial charge on any atom is 0.0336 e. The Morgan fingerprint density at radius 3 is 2.67 bits per heavy atom. The van der Waals surface area contributed by atoms with Crippen LogP contribution in [-0.2, 0) is 0 Å². The molecular weight excluding hydrogens is 172 g/mol. The Bertz CT molecular complexity index is 166. The van der Waals surface area contributed by atoms with Crippen molar-refractivity contribution in [1.29, 1.82) is 0 Å². The summed E-state index contributed by atoms with van der Waals surface area (Å²) in [5.41, 5.74) is 5.68. The van der Waals surface area contributed by atoms with Crippen LogP contribution in [0.5, 0.6) is 0 Å². The van der Waals surface area contributed by atoms with Crippen LogP contribution in [0.1, 0.15) is 12.8 Å². The molecule has 1 saturated carbocycles. The van der Waals surface area contributed by atoms with Gasteiger partial charge in [0.15, 0.2) is 0 Å². The van der Waals surface area contributed by atoms with Crippen LogP contribution in [0.15, 0.2) is 11.6 Å². The van der Waals surface area contributed by atoms with E-state index in [2.05, 4.69) is 18.5 Å². The summed E-state index contributed by atoms with van der Waals surface area (Å²) in [6, 6.07) is 0.500. The van der Waals surface area contributed by atoms with E-state index in [4.69, 9.17) is 17.3 Å². The van der Waals surface area contributed by atoms with Gasteiger partial charge in [0.05, 0.1) is 0 Å². The van der Waals surface area contributed by atoms with Gasteiger partial charge in [-0.05, 0) is 25.8 Å². The molecule has 12 heavy (non-hydrogen) atoms. The predicted molar refractivity (Wildman–Crippen MR) is 53.2 cm³/mol. The summed E-state index contributed by atoms with van der Waals surface area (Å²) in [4.78, 5) is 2.20. The van der Waals surface area contributed by atoms with Crippen molar-refractivity contribution in [2.75, 3.05) is 20.1 Å².